The summed E-state index contributed by atoms with van der Waals surface area (Å²) in [4.78, 5) is 0. The van der Waals surface area contributed by atoms with Gasteiger partial charge in [-0.3, -0.25) is 0 Å². The minimum absolute atomic E-state index is 0.309. The van der Waals surface area contributed by atoms with Crippen molar-refractivity contribution in [3.63, 3.8) is 0 Å². The summed E-state index contributed by atoms with van der Waals surface area (Å²) in [6.45, 7) is 3.80. The van der Waals surface area contributed by atoms with Gasteiger partial charge in [0.15, 0.2) is 0 Å². The average Bonchev–Trinajstić information content (AvgIpc) is 2.92. The van der Waals surface area contributed by atoms with Gasteiger partial charge >= 0.3 is 0 Å². The maximum absolute atomic E-state index is 11.3. The van der Waals surface area contributed by atoms with E-state index in [1.165, 1.54) is 0 Å². The molecule has 0 N–H and O–H groups in total. The van der Waals surface area contributed by atoms with Crippen molar-refractivity contribution in [3.05, 3.63) is 0 Å². The first-order valence-corrected chi connectivity index (χ1v) is 7.89. The molecule has 0 amide bonds. The lowest BCUT2D eigenvalue weighted by Gasteiger charge is -2.15. The third-order valence-electron chi connectivity index (χ3n) is 3.31. The second-order valence-electron chi connectivity index (χ2n) is 5.32. The van der Waals surface area contributed by atoms with Crippen LogP contribution in [-0.2, 0) is 9.05 Å². The van der Waals surface area contributed by atoms with Crippen molar-refractivity contribution < 1.29 is 8.42 Å². The molecule has 0 heterocycles. The first-order valence-electron chi connectivity index (χ1n) is 5.58. The zero-order valence-electron chi connectivity index (χ0n) is 9.79. The zero-order valence-corrected chi connectivity index (χ0v) is 11.4. The quantitative estimate of drug-likeness (QED) is 0.546. The summed E-state index contributed by atoms with van der Waals surface area (Å²) in [5.74, 6) is 0. The van der Waals surface area contributed by atoms with Crippen LogP contribution in [0.4, 0.5) is 0 Å². The van der Waals surface area contributed by atoms with Crippen molar-refractivity contribution in [1.82, 2.24) is 0 Å². The van der Waals surface area contributed by atoms with Gasteiger partial charge in [-0.2, -0.15) is 5.26 Å². The fraction of sp³-hybridized carbons (Fsp3) is 0.909. The molecule has 0 spiro atoms. The topological polar surface area (TPSA) is 57.9 Å². The number of unbranched alkanes of at least 4 members (excludes halogenated alkanes) is 1. The Bertz CT molecular complexity index is 391. The Kier molecular flexibility index (Phi) is 3.91. The molecule has 0 saturated heterocycles. The van der Waals surface area contributed by atoms with Crippen molar-refractivity contribution in [3.8, 4) is 6.07 Å². The molecule has 0 unspecified atom stereocenters. The minimum Gasteiger partial charge on any atom is -0.212 e. The third kappa shape index (κ3) is 3.36. The Morgan fingerprint density at radius 2 is 1.94 bits per heavy atom. The molecule has 1 aliphatic rings. The molecule has 3 nitrogen and oxygen atoms in total. The van der Waals surface area contributed by atoms with Crippen LogP contribution in [0, 0.1) is 16.7 Å². The lowest BCUT2D eigenvalue weighted by molar-refractivity contribution is 0.419. The first-order chi connectivity index (χ1) is 7.22. The Labute approximate surface area is 102 Å². The normalized spacial score (nSPS) is 19.1. The van der Waals surface area contributed by atoms with E-state index < -0.39 is 13.8 Å². The van der Waals surface area contributed by atoms with Gasteiger partial charge in [-0.25, -0.2) is 8.42 Å². The summed E-state index contributed by atoms with van der Waals surface area (Å²) in [6.07, 6.45) is 4.55. The van der Waals surface area contributed by atoms with Gasteiger partial charge in [-0.1, -0.05) is 12.8 Å². The number of hydrogen-bond acceptors (Lipinski definition) is 3. The van der Waals surface area contributed by atoms with Crippen LogP contribution in [0.2, 0.25) is 0 Å². The second kappa shape index (κ2) is 4.54. The van der Waals surface area contributed by atoms with Gasteiger partial charge in [0.05, 0.1) is 16.2 Å². The van der Waals surface area contributed by atoms with Crippen LogP contribution in [0.5, 0.6) is 0 Å². The Hall–Kier alpha value is -0.270. The van der Waals surface area contributed by atoms with Crippen LogP contribution >= 0.6 is 10.7 Å². The van der Waals surface area contributed by atoms with E-state index in [2.05, 4.69) is 6.07 Å². The number of rotatable bonds is 6. The maximum Gasteiger partial charge on any atom is 0.238 e. The van der Waals surface area contributed by atoms with E-state index >= 15 is 0 Å². The van der Waals surface area contributed by atoms with Gasteiger partial charge in [-0.05, 0) is 39.5 Å². The van der Waals surface area contributed by atoms with Crippen LogP contribution in [0.3, 0.4) is 0 Å². The van der Waals surface area contributed by atoms with Gasteiger partial charge in [0.1, 0.15) is 0 Å². The highest BCUT2D eigenvalue weighted by atomic mass is 35.7. The number of nitriles is 1. The van der Waals surface area contributed by atoms with Crippen molar-refractivity contribution >= 4 is 19.7 Å². The van der Waals surface area contributed by atoms with Crippen molar-refractivity contribution in [2.45, 2.75) is 57.1 Å². The van der Waals surface area contributed by atoms with E-state index in [1.807, 2.05) is 13.8 Å². The Balaban J connectivity index is 2.31. The highest BCUT2D eigenvalue weighted by Crippen LogP contribution is 2.49. The van der Waals surface area contributed by atoms with Crippen LogP contribution in [-0.4, -0.2) is 13.2 Å². The second-order valence-corrected chi connectivity index (χ2v) is 8.28. The van der Waals surface area contributed by atoms with Crippen LogP contribution in [0.25, 0.3) is 0 Å². The lowest BCUT2D eigenvalue weighted by Crippen LogP contribution is -2.17. The van der Waals surface area contributed by atoms with Gasteiger partial charge in [0.2, 0.25) is 9.05 Å². The summed E-state index contributed by atoms with van der Waals surface area (Å²) in [5.41, 5.74) is -0.309. The molecule has 0 atom stereocenters. The van der Waals surface area contributed by atoms with E-state index in [0.29, 0.717) is 19.3 Å². The monoisotopic (exact) mass is 263 g/mol. The molecule has 1 aliphatic carbocycles. The maximum atomic E-state index is 11.3. The number of halogens is 1. The molecule has 1 fully saturated rings. The highest BCUT2D eigenvalue weighted by Gasteiger charge is 2.52. The summed E-state index contributed by atoms with van der Waals surface area (Å²) in [7, 11) is 2.00. The summed E-state index contributed by atoms with van der Waals surface area (Å²) in [6, 6.07) is 2.24. The standard InChI is InChI=1S/C11H18ClNO2S/c1-10(2,9-13)5-3-4-6-11(7-8-11)16(12,14)15/h3-8H2,1-2H3. The molecule has 5 heteroatoms. The lowest BCUT2D eigenvalue weighted by atomic mass is 9.88. The fourth-order valence-electron chi connectivity index (χ4n) is 1.83. The largest absolute Gasteiger partial charge is 0.238 e. The molecule has 0 aliphatic heterocycles. The van der Waals surface area contributed by atoms with Gasteiger partial charge in [0, 0.05) is 10.7 Å². The highest BCUT2D eigenvalue weighted by molar-refractivity contribution is 8.15. The van der Waals surface area contributed by atoms with E-state index in [9.17, 15) is 8.42 Å². The van der Waals surface area contributed by atoms with Gasteiger partial charge in [0.25, 0.3) is 0 Å². The molecule has 16 heavy (non-hydrogen) atoms. The van der Waals surface area contributed by atoms with Gasteiger partial charge in [-0.15, -0.1) is 0 Å². The van der Waals surface area contributed by atoms with Crippen molar-refractivity contribution in [1.29, 1.82) is 5.26 Å². The third-order valence-corrected chi connectivity index (χ3v) is 5.94. The summed E-state index contributed by atoms with van der Waals surface area (Å²) < 4.78 is 21.9. The minimum atomic E-state index is -3.41. The van der Waals surface area contributed by atoms with E-state index in [4.69, 9.17) is 15.9 Å². The van der Waals surface area contributed by atoms with Gasteiger partial charge < -0.3 is 0 Å². The predicted molar refractivity (Wildman–Crippen MR) is 64.6 cm³/mol. The van der Waals surface area contributed by atoms with Crippen LogP contribution < -0.4 is 0 Å². The molecule has 92 valence electrons. The molecule has 0 aromatic carbocycles. The van der Waals surface area contributed by atoms with Crippen molar-refractivity contribution in [2.24, 2.45) is 5.41 Å². The van der Waals surface area contributed by atoms with E-state index in [1.54, 1.807) is 0 Å². The Morgan fingerprint density at radius 3 is 2.31 bits per heavy atom. The average molecular weight is 264 g/mol. The number of hydrogen-bond donors (Lipinski definition) is 0. The predicted octanol–water partition coefficient (Wildman–Crippen LogP) is 3.20. The zero-order chi connectivity index (χ0) is 12.4. The molecule has 0 radical (unpaired) electrons. The summed E-state index contributed by atoms with van der Waals surface area (Å²) >= 11 is 0. The smallest absolute Gasteiger partial charge is 0.212 e. The molecular weight excluding hydrogens is 246 g/mol. The fourth-order valence-corrected chi connectivity index (χ4v) is 3.50. The molecule has 1 rings (SSSR count). The molecule has 0 bridgehead atoms. The first kappa shape index (κ1) is 13.8. The van der Waals surface area contributed by atoms with E-state index in [0.717, 1.165) is 19.3 Å². The summed E-state index contributed by atoms with van der Waals surface area (Å²) in [5, 5.41) is 8.83. The Morgan fingerprint density at radius 1 is 1.38 bits per heavy atom. The molecule has 0 aromatic rings. The van der Waals surface area contributed by atoms with Crippen LogP contribution in [0.15, 0.2) is 0 Å². The molecule has 1 saturated carbocycles. The van der Waals surface area contributed by atoms with E-state index in [-0.39, 0.29) is 5.41 Å². The van der Waals surface area contributed by atoms with Crippen LogP contribution in [0.1, 0.15) is 52.4 Å². The number of nitrogens with zero attached hydrogens (tertiary/aromatic N) is 1. The SMILES string of the molecule is CC(C)(C#N)CCCCC1(S(=O)(=O)Cl)CC1. The molecular formula is C11H18ClNO2S. The molecule has 0 aromatic heterocycles. The van der Waals surface area contributed by atoms with Crippen molar-refractivity contribution in [2.75, 3.05) is 0 Å².